The number of nitrogens with one attached hydrogen (secondary N) is 1. The number of hydrogen-bond donors (Lipinski definition) is 1. The number of amides is 3. The fourth-order valence-electron chi connectivity index (χ4n) is 6.02. The SMILES string of the molecule is COc1ccc(OC)c(NC(=O)[C@@H]2[C@@H]3C(=O)N(c4ccc(OC(C)=O)cc4)C(=O)[C@@H]3[C@H]3C=Cc4ccccc4N32)c1. The molecule has 208 valence electrons. The molecule has 0 bridgehead atoms. The van der Waals surface area contributed by atoms with E-state index in [1.807, 2.05) is 41.3 Å². The van der Waals surface area contributed by atoms with E-state index < -0.39 is 47.6 Å². The van der Waals surface area contributed by atoms with Crippen molar-refractivity contribution >= 4 is 46.8 Å². The number of nitrogens with zero attached hydrogens (tertiary/aromatic N) is 2. The van der Waals surface area contributed by atoms with Gasteiger partial charge in [-0.3, -0.25) is 19.2 Å². The van der Waals surface area contributed by atoms with Gasteiger partial charge < -0.3 is 24.4 Å². The lowest BCUT2D eigenvalue weighted by molar-refractivity contribution is -0.132. The van der Waals surface area contributed by atoms with Crippen molar-refractivity contribution in [3.63, 3.8) is 0 Å². The quantitative estimate of drug-likeness (QED) is 0.280. The zero-order chi connectivity index (χ0) is 28.8. The number of fused-ring (bicyclic) bond motifs is 5. The van der Waals surface area contributed by atoms with E-state index in [9.17, 15) is 19.2 Å². The second kappa shape index (κ2) is 10.1. The summed E-state index contributed by atoms with van der Waals surface area (Å²) in [4.78, 5) is 56.4. The number of rotatable bonds is 6. The summed E-state index contributed by atoms with van der Waals surface area (Å²) in [7, 11) is 3.02. The van der Waals surface area contributed by atoms with Gasteiger partial charge in [-0.1, -0.05) is 30.4 Å². The Bertz CT molecular complexity index is 1600. The van der Waals surface area contributed by atoms with Crippen molar-refractivity contribution in [1.82, 2.24) is 0 Å². The standard InChI is InChI=1S/C31H27N3O7/c1-17(35)41-20-11-9-19(10-12-20)33-30(37)26-24-14-8-18-6-4-5-7-23(18)34(24)28(27(26)31(33)38)29(36)32-22-16-21(39-2)13-15-25(22)40-3/h4-16,24,26-28H,1-3H3,(H,32,36)/t24-,26-,27-,28+/m1/s1. The summed E-state index contributed by atoms with van der Waals surface area (Å²) in [6.45, 7) is 1.29. The first-order valence-corrected chi connectivity index (χ1v) is 13.1. The molecule has 3 heterocycles. The predicted molar refractivity (Wildman–Crippen MR) is 151 cm³/mol. The van der Waals surface area contributed by atoms with Crippen LogP contribution in [0.2, 0.25) is 0 Å². The Morgan fingerprint density at radius 3 is 2.27 bits per heavy atom. The van der Waals surface area contributed by atoms with Crippen molar-refractivity contribution in [2.75, 3.05) is 29.3 Å². The van der Waals surface area contributed by atoms with Crippen LogP contribution in [-0.2, 0) is 19.2 Å². The van der Waals surface area contributed by atoms with Crippen LogP contribution in [0.1, 0.15) is 12.5 Å². The first-order chi connectivity index (χ1) is 19.8. The molecule has 10 heteroatoms. The molecule has 3 aliphatic heterocycles. The van der Waals surface area contributed by atoms with Gasteiger partial charge in [-0.2, -0.15) is 0 Å². The molecule has 0 radical (unpaired) electrons. The molecular formula is C31H27N3O7. The van der Waals surface area contributed by atoms with E-state index in [0.29, 0.717) is 28.6 Å². The van der Waals surface area contributed by atoms with Crippen molar-refractivity contribution in [2.24, 2.45) is 11.8 Å². The molecular weight excluding hydrogens is 526 g/mol. The minimum Gasteiger partial charge on any atom is -0.497 e. The van der Waals surface area contributed by atoms with Crippen LogP contribution >= 0.6 is 0 Å². The highest BCUT2D eigenvalue weighted by atomic mass is 16.5. The van der Waals surface area contributed by atoms with Crippen LogP contribution < -0.4 is 29.3 Å². The molecule has 2 saturated heterocycles. The lowest BCUT2D eigenvalue weighted by atomic mass is 9.88. The number of methoxy groups -OCH3 is 2. The predicted octanol–water partition coefficient (Wildman–Crippen LogP) is 3.66. The number of anilines is 3. The average Bonchev–Trinajstić information content (AvgIpc) is 3.45. The second-order valence-electron chi connectivity index (χ2n) is 9.97. The molecule has 3 aromatic rings. The maximum Gasteiger partial charge on any atom is 0.308 e. The first-order valence-electron chi connectivity index (χ1n) is 13.1. The fourth-order valence-corrected chi connectivity index (χ4v) is 6.02. The summed E-state index contributed by atoms with van der Waals surface area (Å²) in [6.07, 6.45) is 3.81. The minimum absolute atomic E-state index is 0.294. The zero-order valence-corrected chi connectivity index (χ0v) is 22.6. The molecule has 1 N–H and O–H groups in total. The average molecular weight is 554 g/mol. The summed E-state index contributed by atoms with van der Waals surface area (Å²) in [5, 5.41) is 2.93. The molecule has 3 amide bonds. The molecule has 3 aromatic carbocycles. The number of imide groups is 1. The fraction of sp³-hybridized carbons (Fsp3) is 0.226. The van der Waals surface area contributed by atoms with Gasteiger partial charge in [0.25, 0.3) is 0 Å². The molecule has 6 rings (SSSR count). The van der Waals surface area contributed by atoms with E-state index in [2.05, 4.69) is 5.32 Å². The lowest BCUT2D eigenvalue weighted by Gasteiger charge is -2.36. The summed E-state index contributed by atoms with van der Waals surface area (Å²) in [5.41, 5.74) is 2.38. The van der Waals surface area contributed by atoms with Crippen LogP contribution in [0.15, 0.2) is 72.8 Å². The van der Waals surface area contributed by atoms with Gasteiger partial charge in [-0.05, 0) is 48.0 Å². The van der Waals surface area contributed by atoms with E-state index in [-0.39, 0.29) is 0 Å². The molecule has 4 atom stereocenters. The molecule has 0 spiro atoms. The van der Waals surface area contributed by atoms with Gasteiger partial charge in [0.1, 0.15) is 23.3 Å². The Kier molecular flexibility index (Phi) is 6.45. The number of para-hydroxylation sites is 1. The van der Waals surface area contributed by atoms with E-state index in [0.717, 1.165) is 16.2 Å². The molecule has 0 aromatic heterocycles. The van der Waals surface area contributed by atoms with Crippen molar-refractivity contribution in [1.29, 1.82) is 0 Å². The summed E-state index contributed by atoms with van der Waals surface area (Å²) >= 11 is 0. The van der Waals surface area contributed by atoms with Gasteiger partial charge in [0.15, 0.2) is 0 Å². The third-order valence-corrected chi connectivity index (χ3v) is 7.70. The van der Waals surface area contributed by atoms with Gasteiger partial charge in [0.2, 0.25) is 17.7 Å². The van der Waals surface area contributed by atoms with Crippen molar-refractivity contribution in [2.45, 2.75) is 19.0 Å². The Balaban J connectivity index is 1.40. The largest absolute Gasteiger partial charge is 0.497 e. The number of ether oxygens (including phenoxy) is 3. The molecule has 2 fully saturated rings. The molecule has 10 nitrogen and oxygen atoms in total. The topological polar surface area (TPSA) is 114 Å². The van der Waals surface area contributed by atoms with Crippen LogP contribution in [-0.4, -0.2) is 50.0 Å². The van der Waals surface area contributed by atoms with Gasteiger partial charge in [-0.25, -0.2) is 4.90 Å². The van der Waals surface area contributed by atoms with Gasteiger partial charge in [0, 0.05) is 18.7 Å². The summed E-state index contributed by atoms with van der Waals surface area (Å²) in [5.74, 6) is -2.30. The number of carbonyl (C=O) groups is 4. The third kappa shape index (κ3) is 4.28. The molecule has 3 aliphatic rings. The minimum atomic E-state index is -0.992. The molecule has 0 saturated carbocycles. The summed E-state index contributed by atoms with van der Waals surface area (Å²) < 4.78 is 15.9. The van der Waals surface area contributed by atoms with E-state index in [1.165, 1.54) is 33.3 Å². The van der Waals surface area contributed by atoms with Gasteiger partial charge in [-0.15, -0.1) is 0 Å². The lowest BCUT2D eigenvalue weighted by Crippen LogP contribution is -2.50. The highest BCUT2D eigenvalue weighted by Gasteiger charge is 2.64. The van der Waals surface area contributed by atoms with Crippen LogP contribution in [0.3, 0.4) is 0 Å². The van der Waals surface area contributed by atoms with Crippen LogP contribution in [0.5, 0.6) is 17.2 Å². The normalized spacial score (nSPS) is 22.1. The van der Waals surface area contributed by atoms with Crippen LogP contribution in [0.25, 0.3) is 6.08 Å². The number of hydrogen-bond acceptors (Lipinski definition) is 8. The molecule has 0 aliphatic carbocycles. The Morgan fingerprint density at radius 1 is 0.854 bits per heavy atom. The number of carbonyl (C=O) groups excluding carboxylic acids is 4. The first kappa shape index (κ1) is 26.1. The molecule has 41 heavy (non-hydrogen) atoms. The van der Waals surface area contributed by atoms with Gasteiger partial charge >= 0.3 is 5.97 Å². The van der Waals surface area contributed by atoms with E-state index in [4.69, 9.17) is 14.2 Å². The van der Waals surface area contributed by atoms with Crippen molar-refractivity contribution in [3.05, 3.63) is 78.4 Å². The Morgan fingerprint density at radius 2 is 1.56 bits per heavy atom. The highest BCUT2D eigenvalue weighted by molar-refractivity contribution is 6.25. The van der Waals surface area contributed by atoms with E-state index in [1.54, 1.807) is 30.3 Å². The van der Waals surface area contributed by atoms with Crippen LogP contribution in [0, 0.1) is 11.8 Å². The third-order valence-electron chi connectivity index (χ3n) is 7.70. The Labute approximate surface area is 236 Å². The van der Waals surface area contributed by atoms with E-state index >= 15 is 0 Å². The smallest absolute Gasteiger partial charge is 0.308 e. The number of esters is 1. The summed E-state index contributed by atoms with van der Waals surface area (Å²) in [6, 6.07) is 17.3. The maximum absolute atomic E-state index is 14.1. The Hall–Kier alpha value is -5.12. The number of benzene rings is 3. The van der Waals surface area contributed by atoms with Crippen LogP contribution in [0.4, 0.5) is 17.1 Å². The van der Waals surface area contributed by atoms with Crippen molar-refractivity contribution in [3.8, 4) is 17.2 Å². The van der Waals surface area contributed by atoms with Gasteiger partial charge in [0.05, 0.1) is 43.5 Å². The monoisotopic (exact) mass is 553 g/mol. The molecule has 0 unspecified atom stereocenters. The zero-order valence-electron chi connectivity index (χ0n) is 22.6. The highest BCUT2D eigenvalue weighted by Crippen LogP contribution is 2.49. The van der Waals surface area contributed by atoms with Crippen molar-refractivity contribution < 1.29 is 33.4 Å². The second-order valence-corrected chi connectivity index (χ2v) is 9.97. The maximum atomic E-state index is 14.1.